The van der Waals surface area contributed by atoms with Crippen LogP contribution < -0.4 is 5.56 Å². The van der Waals surface area contributed by atoms with Crippen molar-refractivity contribution in [1.29, 1.82) is 0 Å². The summed E-state index contributed by atoms with van der Waals surface area (Å²) in [7, 11) is 0. The Hall–Kier alpha value is -2.63. The fourth-order valence-corrected chi connectivity index (χ4v) is 1.73. The Balaban J connectivity index is 2.21. The summed E-state index contributed by atoms with van der Waals surface area (Å²) in [5.74, 6) is 0. The molecule has 1 N–H and O–H groups in total. The van der Waals surface area contributed by atoms with Gasteiger partial charge in [0.05, 0.1) is 12.4 Å². The number of hydrogen-bond donors (Lipinski definition) is 1. The van der Waals surface area contributed by atoms with Gasteiger partial charge in [0.2, 0.25) is 0 Å². The van der Waals surface area contributed by atoms with Crippen LogP contribution in [0.5, 0.6) is 0 Å². The zero-order chi connectivity index (χ0) is 12.7. The summed E-state index contributed by atoms with van der Waals surface area (Å²) in [6.07, 6.45) is 6.85. The number of nitrogens with one attached hydrogen (secondary N) is 1. The number of allylic oxidation sites excluding steroid dienone is 1. The SMILES string of the molecule is C=C(C)c1cnn(-c2cnn3ccc(=O)[nH]c23)c1. The highest BCUT2D eigenvalue weighted by Crippen LogP contribution is 2.15. The first-order valence-corrected chi connectivity index (χ1v) is 5.43. The molecular weight excluding hydrogens is 230 g/mol. The number of nitrogens with zero attached hydrogens (tertiary/aromatic N) is 4. The second kappa shape index (κ2) is 3.69. The molecule has 3 aromatic heterocycles. The van der Waals surface area contributed by atoms with Gasteiger partial charge in [-0.15, -0.1) is 0 Å². The number of H-pyrrole nitrogens is 1. The Morgan fingerprint density at radius 3 is 2.94 bits per heavy atom. The zero-order valence-corrected chi connectivity index (χ0v) is 9.79. The van der Waals surface area contributed by atoms with Crippen LogP contribution in [0.2, 0.25) is 0 Å². The summed E-state index contributed by atoms with van der Waals surface area (Å²) in [6, 6.07) is 1.42. The summed E-state index contributed by atoms with van der Waals surface area (Å²) >= 11 is 0. The molecule has 0 aliphatic heterocycles. The van der Waals surface area contributed by atoms with Crippen molar-refractivity contribution in [2.45, 2.75) is 6.92 Å². The number of hydrogen-bond acceptors (Lipinski definition) is 3. The monoisotopic (exact) mass is 241 g/mol. The van der Waals surface area contributed by atoms with E-state index < -0.39 is 0 Å². The molecule has 0 spiro atoms. The third-order valence-electron chi connectivity index (χ3n) is 2.71. The lowest BCUT2D eigenvalue weighted by Crippen LogP contribution is -2.07. The third-order valence-corrected chi connectivity index (χ3v) is 2.71. The topological polar surface area (TPSA) is 68.0 Å². The lowest BCUT2D eigenvalue weighted by atomic mass is 10.2. The molecular formula is C12H11N5O. The van der Waals surface area contributed by atoms with Gasteiger partial charge in [-0.3, -0.25) is 4.79 Å². The van der Waals surface area contributed by atoms with Crippen molar-refractivity contribution < 1.29 is 0 Å². The van der Waals surface area contributed by atoms with Crippen LogP contribution in [-0.2, 0) is 0 Å². The molecule has 0 unspecified atom stereocenters. The second-order valence-corrected chi connectivity index (χ2v) is 4.08. The molecule has 0 atom stereocenters. The van der Waals surface area contributed by atoms with E-state index in [1.807, 2.05) is 13.1 Å². The van der Waals surface area contributed by atoms with Gasteiger partial charge in [0.25, 0.3) is 5.56 Å². The fourth-order valence-electron chi connectivity index (χ4n) is 1.73. The van der Waals surface area contributed by atoms with Crippen molar-refractivity contribution in [3.05, 3.63) is 53.3 Å². The van der Waals surface area contributed by atoms with E-state index in [0.717, 1.165) is 16.8 Å². The number of aromatic amines is 1. The van der Waals surface area contributed by atoms with E-state index in [1.54, 1.807) is 27.8 Å². The van der Waals surface area contributed by atoms with Gasteiger partial charge < -0.3 is 4.98 Å². The Bertz CT molecular complexity index is 792. The Morgan fingerprint density at radius 1 is 1.39 bits per heavy atom. The van der Waals surface area contributed by atoms with E-state index in [0.29, 0.717) is 5.65 Å². The largest absolute Gasteiger partial charge is 0.305 e. The molecule has 0 saturated carbocycles. The van der Waals surface area contributed by atoms with Gasteiger partial charge in [0, 0.05) is 24.0 Å². The minimum atomic E-state index is -0.170. The smallest absolute Gasteiger partial charge is 0.251 e. The third kappa shape index (κ3) is 1.55. The molecule has 3 aromatic rings. The summed E-state index contributed by atoms with van der Waals surface area (Å²) < 4.78 is 3.27. The summed E-state index contributed by atoms with van der Waals surface area (Å²) in [4.78, 5) is 14.1. The lowest BCUT2D eigenvalue weighted by Gasteiger charge is -1.97. The normalized spacial score (nSPS) is 10.9. The van der Waals surface area contributed by atoms with Gasteiger partial charge in [-0.2, -0.15) is 10.2 Å². The molecule has 0 saturated heterocycles. The van der Waals surface area contributed by atoms with Gasteiger partial charge in [-0.1, -0.05) is 6.58 Å². The zero-order valence-electron chi connectivity index (χ0n) is 9.79. The van der Waals surface area contributed by atoms with E-state index in [4.69, 9.17) is 0 Å². The highest BCUT2D eigenvalue weighted by molar-refractivity contribution is 5.62. The minimum absolute atomic E-state index is 0.170. The van der Waals surface area contributed by atoms with E-state index >= 15 is 0 Å². The van der Waals surface area contributed by atoms with Crippen LogP contribution in [0.1, 0.15) is 12.5 Å². The second-order valence-electron chi connectivity index (χ2n) is 4.08. The highest BCUT2D eigenvalue weighted by Gasteiger charge is 2.08. The van der Waals surface area contributed by atoms with Crippen LogP contribution in [-0.4, -0.2) is 24.4 Å². The molecule has 18 heavy (non-hydrogen) atoms. The van der Waals surface area contributed by atoms with Crippen molar-refractivity contribution in [3.8, 4) is 5.69 Å². The maximum Gasteiger partial charge on any atom is 0.251 e. The molecule has 0 fully saturated rings. The van der Waals surface area contributed by atoms with E-state index in [2.05, 4.69) is 21.8 Å². The van der Waals surface area contributed by atoms with Crippen LogP contribution >= 0.6 is 0 Å². The summed E-state index contributed by atoms with van der Waals surface area (Å²) in [5.41, 5.74) is 3.05. The average Bonchev–Trinajstić information content (AvgIpc) is 2.93. The first-order valence-electron chi connectivity index (χ1n) is 5.43. The highest BCUT2D eigenvalue weighted by atomic mass is 16.1. The maximum atomic E-state index is 11.3. The molecule has 0 bridgehead atoms. The Morgan fingerprint density at radius 2 is 2.22 bits per heavy atom. The number of rotatable bonds is 2. The molecule has 3 rings (SSSR count). The van der Waals surface area contributed by atoms with Gasteiger partial charge in [-0.25, -0.2) is 9.20 Å². The minimum Gasteiger partial charge on any atom is -0.305 e. The number of aromatic nitrogens is 5. The van der Waals surface area contributed by atoms with Crippen molar-refractivity contribution in [3.63, 3.8) is 0 Å². The van der Waals surface area contributed by atoms with Crippen LogP contribution in [0.4, 0.5) is 0 Å². The van der Waals surface area contributed by atoms with Crippen LogP contribution in [0.3, 0.4) is 0 Å². The van der Waals surface area contributed by atoms with Crippen LogP contribution in [0.25, 0.3) is 16.9 Å². The lowest BCUT2D eigenvalue weighted by molar-refractivity contribution is 0.883. The van der Waals surface area contributed by atoms with Crippen molar-refractivity contribution in [1.82, 2.24) is 24.4 Å². The molecule has 0 amide bonds. The van der Waals surface area contributed by atoms with Gasteiger partial charge in [-0.05, 0) is 12.5 Å². The predicted octanol–water partition coefficient (Wildman–Crippen LogP) is 1.24. The van der Waals surface area contributed by atoms with E-state index in [9.17, 15) is 4.79 Å². The fraction of sp³-hybridized carbons (Fsp3) is 0.0833. The molecule has 6 nitrogen and oxygen atoms in total. The van der Waals surface area contributed by atoms with Crippen LogP contribution in [0, 0.1) is 0 Å². The molecule has 0 aliphatic rings. The molecule has 0 aliphatic carbocycles. The predicted molar refractivity (Wildman–Crippen MR) is 67.6 cm³/mol. The molecule has 0 aromatic carbocycles. The standard InChI is InChI=1S/C12H11N5O/c1-8(2)9-5-13-17(7-9)10-6-14-16-4-3-11(18)15-12(10)16/h3-7H,1H2,2H3,(H,15,18). The maximum absolute atomic E-state index is 11.3. The number of fused-ring (bicyclic) bond motifs is 1. The molecule has 3 heterocycles. The Kier molecular flexibility index (Phi) is 2.16. The van der Waals surface area contributed by atoms with Crippen LogP contribution in [0.15, 0.2) is 42.2 Å². The molecule has 0 radical (unpaired) electrons. The Labute approximate surface area is 102 Å². The molecule has 6 heteroatoms. The van der Waals surface area contributed by atoms with E-state index in [1.165, 1.54) is 6.07 Å². The summed E-state index contributed by atoms with van der Waals surface area (Å²) in [5, 5.41) is 8.39. The van der Waals surface area contributed by atoms with Gasteiger partial charge in [0.1, 0.15) is 5.69 Å². The first-order chi connectivity index (χ1) is 8.65. The van der Waals surface area contributed by atoms with Gasteiger partial charge in [0.15, 0.2) is 5.65 Å². The van der Waals surface area contributed by atoms with Crippen molar-refractivity contribution in [2.75, 3.05) is 0 Å². The molecule has 90 valence electrons. The first kappa shape index (κ1) is 10.5. The summed E-state index contributed by atoms with van der Waals surface area (Å²) in [6.45, 7) is 5.78. The van der Waals surface area contributed by atoms with Crippen molar-refractivity contribution >= 4 is 11.2 Å². The quantitative estimate of drug-likeness (QED) is 0.734. The average molecular weight is 241 g/mol. The van der Waals surface area contributed by atoms with E-state index in [-0.39, 0.29) is 5.56 Å². The van der Waals surface area contributed by atoms with Gasteiger partial charge >= 0.3 is 0 Å². The van der Waals surface area contributed by atoms with Crippen molar-refractivity contribution in [2.24, 2.45) is 0 Å².